The lowest BCUT2D eigenvalue weighted by Crippen LogP contribution is -2.32. The van der Waals surface area contributed by atoms with Gasteiger partial charge in [-0.25, -0.2) is 4.79 Å². The molecule has 2 heterocycles. The highest BCUT2D eigenvalue weighted by molar-refractivity contribution is 5.95. The van der Waals surface area contributed by atoms with Gasteiger partial charge >= 0.3 is 6.03 Å². The summed E-state index contributed by atoms with van der Waals surface area (Å²) in [6.45, 7) is 3.81. The molecule has 0 radical (unpaired) electrons. The molecule has 2 aliphatic heterocycles. The molecule has 1 aromatic carbocycles. The molecule has 3 rings (SSSR count). The largest absolute Gasteiger partial charge is 0.351 e. The van der Waals surface area contributed by atoms with E-state index in [4.69, 9.17) is 5.73 Å². The predicted molar refractivity (Wildman–Crippen MR) is 91.9 cm³/mol. The third-order valence-electron chi connectivity index (χ3n) is 4.71. The maximum atomic E-state index is 12.6. The number of primary amides is 1. The Hall–Kier alpha value is -1.79. The summed E-state index contributed by atoms with van der Waals surface area (Å²) in [5.74, 6) is 1.48. The zero-order chi connectivity index (χ0) is 15.5. The standard InChI is InChI=1S/C16H22N4O2.ClH/c17-16(22)19-14-3-1-11(2-4-14)15(21)20-7-5-12-9-18-10-13(12)6-8-20;/h1-4,12-13,18H,5-10H2,(H3,17,19,22);1H/t12-,13+;. The van der Waals surface area contributed by atoms with Crippen molar-refractivity contribution in [3.05, 3.63) is 29.8 Å². The Morgan fingerprint density at radius 2 is 1.65 bits per heavy atom. The van der Waals surface area contributed by atoms with Gasteiger partial charge in [-0.05, 0) is 62.0 Å². The molecule has 3 amide bonds. The molecule has 7 heteroatoms. The fourth-order valence-corrected chi connectivity index (χ4v) is 3.44. The Morgan fingerprint density at radius 3 is 2.17 bits per heavy atom. The minimum absolute atomic E-state index is 0. The van der Waals surface area contributed by atoms with Gasteiger partial charge in [-0.15, -0.1) is 12.4 Å². The number of nitrogens with one attached hydrogen (secondary N) is 2. The number of urea groups is 1. The average molecular weight is 339 g/mol. The number of carbonyl (C=O) groups excluding carboxylic acids is 2. The van der Waals surface area contributed by atoms with Gasteiger partial charge in [-0.3, -0.25) is 4.79 Å². The maximum Gasteiger partial charge on any atom is 0.316 e. The Kier molecular flexibility index (Phi) is 5.85. The Balaban J connectivity index is 0.00000192. The molecule has 0 bridgehead atoms. The minimum atomic E-state index is -0.605. The predicted octanol–water partition coefficient (Wildman–Crippen LogP) is 1.67. The van der Waals surface area contributed by atoms with Crippen LogP contribution in [0, 0.1) is 11.8 Å². The number of hydrogen-bond acceptors (Lipinski definition) is 3. The molecule has 0 unspecified atom stereocenters. The first-order valence-corrected chi connectivity index (χ1v) is 7.80. The molecule has 6 nitrogen and oxygen atoms in total. The van der Waals surface area contributed by atoms with Crippen LogP contribution >= 0.6 is 12.4 Å². The Bertz CT molecular complexity index is 550. The van der Waals surface area contributed by atoms with E-state index in [9.17, 15) is 9.59 Å². The second kappa shape index (κ2) is 7.66. The summed E-state index contributed by atoms with van der Waals surface area (Å²) in [5.41, 5.74) is 6.32. The molecule has 2 atom stereocenters. The molecule has 4 N–H and O–H groups in total. The van der Waals surface area contributed by atoms with Crippen molar-refractivity contribution >= 4 is 30.0 Å². The second-order valence-corrected chi connectivity index (χ2v) is 6.11. The summed E-state index contributed by atoms with van der Waals surface area (Å²) in [4.78, 5) is 25.4. The van der Waals surface area contributed by atoms with Gasteiger partial charge in [-0.1, -0.05) is 0 Å². The fourth-order valence-electron chi connectivity index (χ4n) is 3.44. The van der Waals surface area contributed by atoms with Gasteiger partial charge in [0.25, 0.3) is 5.91 Å². The number of anilines is 1. The van der Waals surface area contributed by atoms with E-state index >= 15 is 0 Å². The van der Waals surface area contributed by atoms with Crippen LogP contribution in [-0.2, 0) is 0 Å². The van der Waals surface area contributed by atoms with E-state index in [1.807, 2.05) is 4.90 Å². The Morgan fingerprint density at radius 1 is 1.09 bits per heavy atom. The molecule has 1 aromatic rings. The molecule has 23 heavy (non-hydrogen) atoms. The van der Waals surface area contributed by atoms with Crippen LogP contribution in [0.1, 0.15) is 23.2 Å². The first-order valence-electron chi connectivity index (χ1n) is 7.80. The maximum absolute atomic E-state index is 12.6. The summed E-state index contributed by atoms with van der Waals surface area (Å²) in [6, 6.07) is 6.27. The topological polar surface area (TPSA) is 87.5 Å². The highest BCUT2D eigenvalue weighted by Gasteiger charge is 2.31. The van der Waals surface area contributed by atoms with Crippen molar-refractivity contribution in [2.24, 2.45) is 17.6 Å². The molecule has 0 aromatic heterocycles. The van der Waals surface area contributed by atoms with Crippen molar-refractivity contribution in [3.8, 4) is 0 Å². The number of hydrogen-bond donors (Lipinski definition) is 3. The summed E-state index contributed by atoms with van der Waals surface area (Å²) in [6.07, 6.45) is 2.15. The first-order chi connectivity index (χ1) is 10.6. The number of benzene rings is 1. The second-order valence-electron chi connectivity index (χ2n) is 6.11. The highest BCUT2D eigenvalue weighted by atomic mass is 35.5. The Labute approximate surface area is 142 Å². The molecule has 126 valence electrons. The van der Waals surface area contributed by atoms with Crippen LogP contribution in [0.3, 0.4) is 0 Å². The van der Waals surface area contributed by atoms with Gasteiger partial charge < -0.3 is 21.3 Å². The van der Waals surface area contributed by atoms with E-state index in [2.05, 4.69) is 10.6 Å². The van der Waals surface area contributed by atoms with Gasteiger partial charge in [0, 0.05) is 24.3 Å². The van der Waals surface area contributed by atoms with Crippen LogP contribution < -0.4 is 16.4 Å². The van der Waals surface area contributed by atoms with Crippen molar-refractivity contribution < 1.29 is 9.59 Å². The summed E-state index contributed by atoms with van der Waals surface area (Å²) >= 11 is 0. The van der Waals surface area contributed by atoms with E-state index in [1.165, 1.54) is 0 Å². The van der Waals surface area contributed by atoms with Gasteiger partial charge in [0.05, 0.1) is 0 Å². The molecule has 0 saturated carbocycles. The lowest BCUT2D eigenvalue weighted by molar-refractivity contribution is 0.0758. The lowest BCUT2D eigenvalue weighted by Gasteiger charge is -2.21. The van der Waals surface area contributed by atoms with E-state index in [0.29, 0.717) is 23.1 Å². The van der Waals surface area contributed by atoms with Crippen molar-refractivity contribution in [3.63, 3.8) is 0 Å². The lowest BCUT2D eigenvalue weighted by atomic mass is 9.92. The fraction of sp³-hybridized carbons (Fsp3) is 0.500. The van der Waals surface area contributed by atoms with Crippen molar-refractivity contribution in [1.29, 1.82) is 0 Å². The van der Waals surface area contributed by atoms with E-state index in [1.54, 1.807) is 24.3 Å². The number of carbonyl (C=O) groups is 2. The van der Waals surface area contributed by atoms with E-state index in [0.717, 1.165) is 39.0 Å². The van der Waals surface area contributed by atoms with Crippen LogP contribution in [0.5, 0.6) is 0 Å². The molecular formula is C16H23ClN4O2. The van der Waals surface area contributed by atoms with Crippen molar-refractivity contribution in [1.82, 2.24) is 10.2 Å². The molecular weight excluding hydrogens is 316 g/mol. The zero-order valence-electron chi connectivity index (χ0n) is 13.0. The molecule has 0 spiro atoms. The minimum Gasteiger partial charge on any atom is -0.351 e. The monoisotopic (exact) mass is 338 g/mol. The van der Waals surface area contributed by atoms with E-state index in [-0.39, 0.29) is 18.3 Å². The van der Waals surface area contributed by atoms with Crippen LogP contribution in [-0.4, -0.2) is 43.0 Å². The number of nitrogens with two attached hydrogens (primary N) is 1. The van der Waals surface area contributed by atoms with Crippen molar-refractivity contribution in [2.75, 3.05) is 31.5 Å². The third kappa shape index (κ3) is 4.14. The number of fused-ring (bicyclic) bond motifs is 1. The molecule has 0 aliphatic carbocycles. The highest BCUT2D eigenvalue weighted by Crippen LogP contribution is 2.27. The van der Waals surface area contributed by atoms with Crippen LogP contribution in [0.25, 0.3) is 0 Å². The van der Waals surface area contributed by atoms with Crippen LogP contribution in [0.4, 0.5) is 10.5 Å². The van der Waals surface area contributed by atoms with Gasteiger partial charge in [-0.2, -0.15) is 0 Å². The number of amides is 3. The number of rotatable bonds is 2. The number of likely N-dealkylation sites (tertiary alicyclic amines) is 1. The normalized spacial score (nSPS) is 23.4. The van der Waals surface area contributed by atoms with Crippen LogP contribution in [0.2, 0.25) is 0 Å². The first kappa shape index (κ1) is 17.6. The molecule has 2 saturated heterocycles. The quantitative estimate of drug-likeness (QED) is 0.766. The van der Waals surface area contributed by atoms with Crippen molar-refractivity contribution in [2.45, 2.75) is 12.8 Å². The summed E-state index contributed by atoms with van der Waals surface area (Å²) < 4.78 is 0. The summed E-state index contributed by atoms with van der Waals surface area (Å²) in [7, 11) is 0. The number of nitrogens with zero attached hydrogens (tertiary/aromatic N) is 1. The third-order valence-corrected chi connectivity index (χ3v) is 4.71. The van der Waals surface area contributed by atoms with E-state index < -0.39 is 6.03 Å². The zero-order valence-corrected chi connectivity index (χ0v) is 13.8. The molecule has 2 fully saturated rings. The SMILES string of the molecule is Cl.NC(=O)Nc1ccc(C(=O)N2CC[C@@H]3CNC[C@@H]3CC2)cc1. The number of halogens is 1. The van der Waals surface area contributed by atoms with Gasteiger partial charge in [0.15, 0.2) is 0 Å². The van der Waals surface area contributed by atoms with Gasteiger partial charge in [0.1, 0.15) is 0 Å². The average Bonchev–Trinajstić information content (AvgIpc) is 2.85. The molecule has 2 aliphatic rings. The smallest absolute Gasteiger partial charge is 0.316 e. The van der Waals surface area contributed by atoms with Gasteiger partial charge in [0.2, 0.25) is 0 Å². The summed E-state index contributed by atoms with van der Waals surface area (Å²) in [5, 5.41) is 5.94. The van der Waals surface area contributed by atoms with Crippen LogP contribution in [0.15, 0.2) is 24.3 Å².